The van der Waals surface area contributed by atoms with Crippen molar-refractivity contribution >= 4 is 21.7 Å². The van der Waals surface area contributed by atoms with Crippen LogP contribution in [0, 0.1) is 25.2 Å². The largest absolute Gasteiger partial charge is 0.313 e. The highest BCUT2D eigenvalue weighted by atomic mass is 32.2. The Kier molecular flexibility index (Phi) is 5.83. The second kappa shape index (κ2) is 7.71. The molecule has 0 N–H and O–H groups in total. The lowest BCUT2D eigenvalue weighted by Crippen LogP contribution is -2.02. The van der Waals surface area contributed by atoms with Crippen molar-refractivity contribution < 1.29 is 13.2 Å². The molecule has 0 spiro atoms. The zero-order chi connectivity index (χ0) is 19.5. The number of sulfone groups is 1. The van der Waals surface area contributed by atoms with Crippen molar-refractivity contribution in [3.63, 3.8) is 0 Å². The number of carbonyl (C=O) groups excluding carboxylic acids is 1. The van der Waals surface area contributed by atoms with Gasteiger partial charge in [-0.25, -0.2) is 8.42 Å². The SMILES string of the molecule is CC(=O)c1c(C)c(/C=C/CCS(C)(=O)=O)n(-c2ccc(C#N)cc2)c1C. The fourth-order valence-electron chi connectivity index (χ4n) is 3.07. The minimum Gasteiger partial charge on any atom is -0.313 e. The lowest BCUT2D eigenvalue weighted by molar-refractivity contribution is 0.101. The van der Waals surface area contributed by atoms with Gasteiger partial charge in [0.25, 0.3) is 0 Å². The topological polar surface area (TPSA) is 79.9 Å². The van der Waals surface area contributed by atoms with Crippen molar-refractivity contribution in [3.05, 3.63) is 58.4 Å². The number of nitrogens with zero attached hydrogens (tertiary/aromatic N) is 2. The van der Waals surface area contributed by atoms with E-state index in [0.29, 0.717) is 17.5 Å². The van der Waals surface area contributed by atoms with E-state index in [1.807, 2.05) is 42.7 Å². The zero-order valence-corrected chi connectivity index (χ0v) is 16.2. The number of Topliss-reactive ketones (excluding diaryl/α,β-unsaturated/α-hetero) is 1. The molecule has 136 valence electrons. The first kappa shape index (κ1) is 19.7. The van der Waals surface area contributed by atoms with Crippen LogP contribution in [0.3, 0.4) is 0 Å². The molecule has 6 heteroatoms. The summed E-state index contributed by atoms with van der Waals surface area (Å²) in [5.74, 6) is 0.0664. The Bertz CT molecular complexity index is 1000. The van der Waals surface area contributed by atoms with Gasteiger partial charge >= 0.3 is 0 Å². The van der Waals surface area contributed by atoms with Gasteiger partial charge in [0, 0.05) is 28.9 Å². The fraction of sp³-hybridized carbons (Fsp3) is 0.300. The highest BCUT2D eigenvalue weighted by Gasteiger charge is 2.19. The van der Waals surface area contributed by atoms with Crippen molar-refractivity contribution in [2.45, 2.75) is 27.2 Å². The molecule has 0 atom stereocenters. The van der Waals surface area contributed by atoms with Gasteiger partial charge in [-0.15, -0.1) is 0 Å². The third-order valence-electron chi connectivity index (χ3n) is 4.24. The number of hydrogen-bond acceptors (Lipinski definition) is 4. The number of aromatic nitrogens is 1. The molecule has 26 heavy (non-hydrogen) atoms. The predicted molar refractivity (Wildman–Crippen MR) is 103 cm³/mol. The van der Waals surface area contributed by atoms with Crippen LogP contribution in [0.1, 0.15) is 46.2 Å². The summed E-state index contributed by atoms with van der Waals surface area (Å²) < 4.78 is 24.6. The molecule has 1 aromatic heterocycles. The van der Waals surface area contributed by atoms with E-state index in [0.717, 1.165) is 22.6 Å². The second-order valence-corrected chi connectivity index (χ2v) is 8.60. The highest BCUT2D eigenvalue weighted by Crippen LogP contribution is 2.28. The van der Waals surface area contributed by atoms with E-state index in [1.165, 1.54) is 13.2 Å². The molecule has 1 heterocycles. The molecule has 0 bridgehead atoms. The Morgan fingerprint density at radius 2 is 1.85 bits per heavy atom. The second-order valence-electron chi connectivity index (χ2n) is 6.34. The summed E-state index contributed by atoms with van der Waals surface area (Å²) in [6.45, 7) is 5.31. The van der Waals surface area contributed by atoms with Crippen LogP contribution in [0.5, 0.6) is 0 Å². The van der Waals surface area contributed by atoms with E-state index >= 15 is 0 Å². The molecular weight excluding hydrogens is 348 g/mol. The lowest BCUT2D eigenvalue weighted by Gasteiger charge is -2.10. The molecule has 2 rings (SSSR count). The van der Waals surface area contributed by atoms with Crippen molar-refractivity contribution in [1.29, 1.82) is 5.26 Å². The van der Waals surface area contributed by atoms with E-state index in [2.05, 4.69) is 6.07 Å². The van der Waals surface area contributed by atoms with Crippen LogP contribution in [-0.2, 0) is 9.84 Å². The highest BCUT2D eigenvalue weighted by molar-refractivity contribution is 7.90. The molecule has 0 fully saturated rings. The lowest BCUT2D eigenvalue weighted by atomic mass is 10.1. The van der Waals surface area contributed by atoms with Crippen LogP contribution >= 0.6 is 0 Å². The van der Waals surface area contributed by atoms with E-state index in [9.17, 15) is 13.2 Å². The van der Waals surface area contributed by atoms with Gasteiger partial charge in [-0.3, -0.25) is 4.79 Å². The van der Waals surface area contributed by atoms with Gasteiger partial charge in [-0.2, -0.15) is 5.26 Å². The molecule has 0 aliphatic heterocycles. The number of hydrogen-bond donors (Lipinski definition) is 0. The smallest absolute Gasteiger partial charge is 0.161 e. The van der Waals surface area contributed by atoms with E-state index in [4.69, 9.17) is 5.26 Å². The molecule has 0 aliphatic carbocycles. The average Bonchev–Trinajstić information content (AvgIpc) is 2.81. The predicted octanol–water partition coefficient (Wildman–Crippen LogP) is 3.62. The van der Waals surface area contributed by atoms with E-state index in [-0.39, 0.29) is 11.5 Å². The number of ketones is 1. The first-order valence-corrected chi connectivity index (χ1v) is 10.3. The maximum absolute atomic E-state index is 12.1. The van der Waals surface area contributed by atoms with Crippen LogP contribution in [0.25, 0.3) is 11.8 Å². The van der Waals surface area contributed by atoms with E-state index in [1.54, 1.807) is 12.1 Å². The van der Waals surface area contributed by atoms with Gasteiger partial charge in [0.05, 0.1) is 17.4 Å². The quantitative estimate of drug-likeness (QED) is 0.728. The third-order valence-corrected chi connectivity index (χ3v) is 5.21. The molecule has 0 aliphatic rings. The Morgan fingerprint density at radius 1 is 1.23 bits per heavy atom. The first-order chi connectivity index (χ1) is 12.2. The summed E-state index contributed by atoms with van der Waals surface area (Å²) in [7, 11) is -3.02. The van der Waals surface area contributed by atoms with Gasteiger partial charge < -0.3 is 4.57 Å². The summed E-state index contributed by atoms with van der Waals surface area (Å²) in [6, 6.07) is 9.23. The van der Waals surface area contributed by atoms with Gasteiger partial charge in [0.2, 0.25) is 0 Å². The van der Waals surface area contributed by atoms with Crippen LogP contribution in [0.15, 0.2) is 30.3 Å². The summed E-state index contributed by atoms with van der Waals surface area (Å²) in [4.78, 5) is 12.1. The third kappa shape index (κ3) is 4.30. The minimum absolute atomic E-state index is 0.0156. The number of rotatable bonds is 6. The number of nitriles is 1. The van der Waals surface area contributed by atoms with Crippen molar-refractivity contribution in [1.82, 2.24) is 4.57 Å². The monoisotopic (exact) mass is 370 g/mol. The Labute approximate surface area is 154 Å². The van der Waals surface area contributed by atoms with Gasteiger partial charge in [-0.05, 0) is 63.1 Å². The molecular formula is C20H22N2O3S. The maximum atomic E-state index is 12.1. The Morgan fingerprint density at radius 3 is 2.35 bits per heavy atom. The zero-order valence-electron chi connectivity index (χ0n) is 15.4. The van der Waals surface area contributed by atoms with Gasteiger partial charge in [0.15, 0.2) is 5.78 Å². The van der Waals surface area contributed by atoms with Crippen LogP contribution in [0.2, 0.25) is 0 Å². The summed E-state index contributed by atoms with van der Waals surface area (Å²) in [5.41, 5.74) is 4.59. The number of benzene rings is 1. The summed E-state index contributed by atoms with van der Waals surface area (Å²) in [6.07, 6.45) is 5.29. The van der Waals surface area contributed by atoms with Gasteiger partial charge in [0.1, 0.15) is 9.84 Å². The minimum atomic E-state index is -3.02. The van der Waals surface area contributed by atoms with Crippen molar-refractivity contribution in [3.8, 4) is 11.8 Å². The van der Waals surface area contributed by atoms with E-state index < -0.39 is 9.84 Å². The molecule has 0 saturated carbocycles. The van der Waals surface area contributed by atoms with Crippen LogP contribution in [-0.4, -0.2) is 30.8 Å². The van der Waals surface area contributed by atoms with Crippen molar-refractivity contribution in [2.24, 2.45) is 0 Å². The molecule has 0 radical (unpaired) electrons. The fourth-order valence-corrected chi connectivity index (χ4v) is 3.64. The molecule has 0 saturated heterocycles. The molecule has 0 amide bonds. The summed E-state index contributed by atoms with van der Waals surface area (Å²) in [5, 5.41) is 8.98. The van der Waals surface area contributed by atoms with Crippen molar-refractivity contribution in [2.75, 3.05) is 12.0 Å². The number of allylic oxidation sites excluding steroid dienone is 1. The molecule has 2 aromatic rings. The average molecular weight is 370 g/mol. The molecule has 0 unspecified atom stereocenters. The molecule has 1 aromatic carbocycles. The first-order valence-electron chi connectivity index (χ1n) is 8.23. The standard InChI is InChI=1S/C20H22N2O3S/c1-14-19(7-5-6-12-26(4,24)25)22(15(2)20(14)16(3)23)18-10-8-17(13-21)9-11-18/h5,7-11H,6,12H2,1-4H3/b7-5+. The summed E-state index contributed by atoms with van der Waals surface area (Å²) >= 11 is 0. The molecule has 5 nitrogen and oxygen atoms in total. The normalized spacial score (nSPS) is 11.7. The Hall–Kier alpha value is -2.65. The van der Waals surface area contributed by atoms with Crippen LogP contribution in [0.4, 0.5) is 0 Å². The van der Waals surface area contributed by atoms with Gasteiger partial charge in [-0.1, -0.05) is 6.08 Å². The van der Waals surface area contributed by atoms with Crippen LogP contribution < -0.4 is 0 Å². The Balaban J connectivity index is 2.54. The number of carbonyl (C=O) groups is 1. The maximum Gasteiger partial charge on any atom is 0.161 e.